The maximum atomic E-state index is 14.6. The zero-order valence-electron chi connectivity index (χ0n) is 20.4. The molecule has 1 saturated heterocycles. The summed E-state index contributed by atoms with van der Waals surface area (Å²) in [6.45, 7) is 2.59. The summed E-state index contributed by atoms with van der Waals surface area (Å²) in [5.74, 6) is -0.963. The highest BCUT2D eigenvalue weighted by molar-refractivity contribution is 6.38. The number of aryl methyl sites for hydroxylation is 1. The van der Waals surface area contributed by atoms with E-state index in [4.69, 9.17) is 9.47 Å². The molecule has 0 saturated carbocycles. The first-order chi connectivity index (χ1) is 18.0. The number of oxime groups is 1. The van der Waals surface area contributed by atoms with Gasteiger partial charge in [0.2, 0.25) is 0 Å². The van der Waals surface area contributed by atoms with Crippen LogP contribution in [0.3, 0.4) is 0 Å². The molecule has 2 aliphatic heterocycles. The van der Waals surface area contributed by atoms with Crippen molar-refractivity contribution in [3.05, 3.63) is 71.5 Å². The molecule has 0 unspecified atom stereocenters. The normalized spacial score (nSPS) is 17.2. The van der Waals surface area contributed by atoms with Crippen molar-refractivity contribution in [3.8, 4) is 11.5 Å². The summed E-state index contributed by atoms with van der Waals surface area (Å²) in [4.78, 5) is 15.2. The van der Waals surface area contributed by atoms with Crippen LogP contribution in [0.15, 0.2) is 59.8 Å². The summed E-state index contributed by atoms with van der Waals surface area (Å²) in [6, 6.07) is 16.0. The number of benzene rings is 3. The van der Waals surface area contributed by atoms with Crippen LogP contribution in [0, 0.1) is 5.82 Å². The number of carbonyl (C=O) groups excluding carboxylic acids is 1. The van der Waals surface area contributed by atoms with Crippen LogP contribution in [0.5, 0.6) is 11.5 Å². The number of halogens is 1. The van der Waals surface area contributed by atoms with Crippen LogP contribution in [0.1, 0.15) is 30.1 Å². The Morgan fingerprint density at radius 3 is 2.62 bits per heavy atom. The second-order valence-electron chi connectivity index (χ2n) is 9.43. The summed E-state index contributed by atoms with van der Waals surface area (Å²) in [5.41, 5.74) is 1.24. The van der Waals surface area contributed by atoms with Gasteiger partial charge in [0.1, 0.15) is 25.0 Å². The molecule has 0 spiro atoms. The molecule has 3 aromatic carbocycles. The lowest BCUT2D eigenvalue weighted by atomic mass is 9.98. The Balaban J connectivity index is 1.29. The van der Waals surface area contributed by atoms with E-state index in [-0.39, 0.29) is 42.4 Å². The van der Waals surface area contributed by atoms with Crippen LogP contribution in [0.4, 0.5) is 4.39 Å². The van der Waals surface area contributed by atoms with Gasteiger partial charge in [0.05, 0.1) is 6.04 Å². The predicted molar refractivity (Wildman–Crippen MR) is 137 cm³/mol. The van der Waals surface area contributed by atoms with Gasteiger partial charge < -0.3 is 30.0 Å². The molecule has 9 heteroatoms. The highest BCUT2D eigenvalue weighted by atomic mass is 19.1. The van der Waals surface area contributed by atoms with Gasteiger partial charge in [-0.3, -0.25) is 4.79 Å². The van der Waals surface area contributed by atoms with Crippen molar-refractivity contribution in [2.75, 3.05) is 32.8 Å². The molecule has 2 atom stereocenters. The Bertz CT molecular complexity index is 1310. The van der Waals surface area contributed by atoms with E-state index in [0.717, 1.165) is 35.8 Å². The molecule has 3 N–H and O–H groups in total. The molecule has 194 valence electrons. The van der Waals surface area contributed by atoms with Gasteiger partial charge in [-0.2, -0.15) is 0 Å². The Morgan fingerprint density at radius 2 is 1.86 bits per heavy atom. The highest BCUT2D eigenvalue weighted by Gasteiger charge is 2.30. The molecule has 3 aromatic rings. The lowest BCUT2D eigenvalue weighted by Crippen LogP contribution is -2.52. The molecule has 0 radical (unpaired) electrons. The molecule has 8 nitrogen and oxygen atoms in total. The Hall–Kier alpha value is -3.69. The average Bonchev–Trinajstić information content (AvgIpc) is 2.89. The average molecular weight is 508 g/mol. The first kappa shape index (κ1) is 25.0. The number of aliphatic hydroxyl groups is 1. The maximum absolute atomic E-state index is 14.6. The van der Waals surface area contributed by atoms with E-state index < -0.39 is 23.9 Å². The van der Waals surface area contributed by atoms with E-state index in [1.54, 1.807) is 0 Å². The third-order valence-electron chi connectivity index (χ3n) is 6.91. The smallest absolute Gasteiger partial charge is 0.269 e. The minimum atomic E-state index is -1.21. The van der Waals surface area contributed by atoms with Crippen molar-refractivity contribution in [2.45, 2.75) is 31.4 Å². The lowest BCUT2D eigenvalue weighted by Gasteiger charge is -2.36. The van der Waals surface area contributed by atoms with Crippen LogP contribution in [-0.4, -0.2) is 65.7 Å². The Kier molecular flexibility index (Phi) is 7.52. The zero-order chi connectivity index (χ0) is 25.8. The van der Waals surface area contributed by atoms with E-state index in [1.807, 2.05) is 36.4 Å². The molecule has 0 bridgehead atoms. The molecule has 37 heavy (non-hydrogen) atoms. The van der Waals surface area contributed by atoms with Crippen molar-refractivity contribution in [1.82, 2.24) is 10.2 Å². The van der Waals surface area contributed by atoms with Gasteiger partial charge in [-0.1, -0.05) is 47.6 Å². The minimum absolute atomic E-state index is 0.0221. The van der Waals surface area contributed by atoms with E-state index in [0.29, 0.717) is 13.0 Å². The highest BCUT2D eigenvalue weighted by Crippen LogP contribution is 2.36. The fraction of sp³-hybridized carbons (Fsp3) is 0.357. The van der Waals surface area contributed by atoms with E-state index in [9.17, 15) is 19.5 Å². The molecule has 2 heterocycles. The van der Waals surface area contributed by atoms with Crippen molar-refractivity contribution >= 4 is 22.4 Å². The number of amides is 1. The number of carbonyl (C=O) groups is 1. The quantitative estimate of drug-likeness (QED) is 0.233. The van der Waals surface area contributed by atoms with Gasteiger partial charge in [0.15, 0.2) is 17.3 Å². The van der Waals surface area contributed by atoms with E-state index in [2.05, 4.69) is 21.4 Å². The van der Waals surface area contributed by atoms with Crippen LogP contribution < -0.4 is 14.8 Å². The van der Waals surface area contributed by atoms with Gasteiger partial charge in [0, 0.05) is 13.0 Å². The van der Waals surface area contributed by atoms with Gasteiger partial charge in [0.25, 0.3) is 5.91 Å². The van der Waals surface area contributed by atoms with Gasteiger partial charge in [-0.15, -0.1) is 0 Å². The van der Waals surface area contributed by atoms with Crippen molar-refractivity contribution in [2.24, 2.45) is 5.16 Å². The lowest BCUT2D eigenvalue weighted by molar-refractivity contribution is -0.116. The second kappa shape index (κ2) is 11.1. The summed E-state index contributed by atoms with van der Waals surface area (Å²) in [5, 5.41) is 29.1. The summed E-state index contributed by atoms with van der Waals surface area (Å²) in [7, 11) is 0. The summed E-state index contributed by atoms with van der Waals surface area (Å²) < 4.78 is 25.5. The number of nitrogens with one attached hydrogen (secondary N) is 1. The third-order valence-corrected chi connectivity index (χ3v) is 6.91. The van der Waals surface area contributed by atoms with Crippen molar-refractivity contribution < 1.29 is 29.0 Å². The molecule has 0 aromatic heterocycles. The van der Waals surface area contributed by atoms with Gasteiger partial charge in [-0.05, 0) is 60.0 Å². The predicted octanol–water partition coefficient (Wildman–Crippen LogP) is 3.44. The first-order valence-corrected chi connectivity index (χ1v) is 12.5. The number of fused-ring (bicyclic) bond motifs is 2. The zero-order valence-corrected chi connectivity index (χ0v) is 20.4. The molecular weight excluding hydrogens is 477 g/mol. The van der Waals surface area contributed by atoms with E-state index >= 15 is 0 Å². The number of nitrogens with zero attached hydrogens (tertiary/aromatic N) is 2. The van der Waals surface area contributed by atoms with Crippen molar-refractivity contribution in [3.63, 3.8) is 0 Å². The third kappa shape index (κ3) is 5.68. The first-order valence-electron chi connectivity index (χ1n) is 12.5. The number of ether oxygens (including phenoxy) is 2. The van der Waals surface area contributed by atoms with Crippen molar-refractivity contribution in [1.29, 1.82) is 0 Å². The van der Waals surface area contributed by atoms with Crippen LogP contribution in [-0.2, 0) is 11.2 Å². The van der Waals surface area contributed by atoms with Crippen LogP contribution in [0.25, 0.3) is 10.8 Å². The largest absolute Gasteiger partial charge is 0.486 e. The summed E-state index contributed by atoms with van der Waals surface area (Å²) >= 11 is 0. The molecular formula is C28H30FN3O5. The standard InChI is InChI=1S/C28H30FN3O5/c29-22-15-21(16-25-27(22)37-13-12-36-25)26(33)24(17-32-10-3-11-32)30-28(34)23(31-35)9-7-18-6-8-19-4-1-2-5-20(19)14-18/h1-2,4-6,8,14-16,24,26,33,35H,3,7,9-13,17H2,(H,30,34)/t24-,26-/m1/s1. The fourth-order valence-corrected chi connectivity index (χ4v) is 4.72. The number of rotatable bonds is 9. The Labute approximate surface area is 214 Å². The molecule has 5 rings (SSSR count). The van der Waals surface area contributed by atoms with Crippen LogP contribution in [0.2, 0.25) is 0 Å². The van der Waals surface area contributed by atoms with E-state index in [1.165, 1.54) is 12.1 Å². The number of aliphatic hydroxyl groups excluding tert-OH is 1. The monoisotopic (exact) mass is 507 g/mol. The second-order valence-corrected chi connectivity index (χ2v) is 9.43. The molecule has 0 aliphatic carbocycles. The summed E-state index contributed by atoms with van der Waals surface area (Å²) in [6.07, 6.45) is 0.538. The molecule has 1 amide bonds. The fourth-order valence-electron chi connectivity index (χ4n) is 4.72. The van der Waals surface area contributed by atoms with Gasteiger partial charge in [-0.25, -0.2) is 4.39 Å². The topological polar surface area (TPSA) is 104 Å². The molecule has 1 fully saturated rings. The van der Waals surface area contributed by atoms with Gasteiger partial charge >= 0.3 is 0 Å². The number of likely N-dealkylation sites (tertiary alicyclic amines) is 1. The Morgan fingerprint density at radius 1 is 1.08 bits per heavy atom. The number of hydrogen-bond acceptors (Lipinski definition) is 7. The SMILES string of the molecule is O=C(N[C@H](CN1CCC1)[C@H](O)c1cc(F)c2c(c1)OCCO2)C(CCc1ccc2ccccc2c1)=NO. The molecule has 2 aliphatic rings. The van der Waals surface area contributed by atoms with Crippen LogP contribution >= 0.6 is 0 Å². The minimum Gasteiger partial charge on any atom is -0.486 e. The maximum Gasteiger partial charge on any atom is 0.269 e. The number of hydrogen-bond donors (Lipinski definition) is 3.